The van der Waals surface area contributed by atoms with Gasteiger partial charge in [-0.15, -0.1) is 0 Å². The van der Waals surface area contributed by atoms with Crippen LogP contribution < -0.4 is 5.32 Å². The molecule has 116 valence electrons. The highest BCUT2D eigenvalue weighted by atomic mass is 14.9. The average molecular weight is 286 g/mol. The smallest absolute Gasteiger partial charge is 0.0424 e. The van der Waals surface area contributed by atoms with Crippen LogP contribution in [0.4, 0.5) is 5.69 Å². The van der Waals surface area contributed by atoms with Crippen LogP contribution in [-0.2, 0) is 6.42 Å². The van der Waals surface area contributed by atoms with Crippen molar-refractivity contribution in [3.05, 3.63) is 24.0 Å². The number of aryl methyl sites for hydroxylation is 1. The first kappa shape index (κ1) is 14.9. The standard InChI is InChI=1S/C19H30N2/c1-2-6-17-15-18(9-14-20-17)21-16-7-12-19(13-8-16)10-4-3-5-11-19/h9,14-16H,2-8,10-13H2,1H3,(H,20,21). The van der Waals surface area contributed by atoms with Gasteiger partial charge in [-0.1, -0.05) is 32.6 Å². The van der Waals surface area contributed by atoms with Crippen LogP contribution >= 0.6 is 0 Å². The maximum absolute atomic E-state index is 4.45. The second-order valence-corrected chi connectivity index (χ2v) is 7.27. The van der Waals surface area contributed by atoms with Gasteiger partial charge in [-0.25, -0.2) is 0 Å². The van der Waals surface area contributed by atoms with Crippen LogP contribution in [0.15, 0.2) is 18.3 Å². The Bertz CT molecular complexity index is 439. The molecule has 21 heavy (non-hydrogen) atoms. The molecule has 0 unspecified atom stereocenters. The summed E-state index contributed by atoms with van der Waals surface area (Å²) in [6.45, 7) is 2.21. The molecule has 0 aromatic carbocycles. The zero-order valence-electron chi connectivity index (χ0n) is 13.5. The van der Waals surface area contributed by atoms with Gasteiger partial charge in [0.25, 0.3) is 0 Å². The van der Waals surface area contributed by atoms with E-state index in [1.54, 1.807) is 0 Å². The molecule has 1 spiro atoms. The number of anilines is 1. The summed E-state index contributed by atoms with van der Waals surface area (Å²) in [7, 11) is 0. The van der Waals surface area contributed by atoms with Gasteiger partial charge in [-0.2, -0.15) is 0 Å². The predicted molar refractivity (Wildman–Crippen MR) is 89.6 cm³/mol. The van der Waals surface area contributed by atoms with Gasteiger partial charge in [0.05, 0.1) is 0 Å². The lowest BCUT2D eigenvalue weighted by Crippen LogP contribution is -2.34. The first-order chi connectivity index (χ1) is 10.3. The third-order valence-corrected chi connectivity index (χ3v) is 5.65. The summed E-state index contributed by atoms with van der Waals surface area (Å²) in [6.07, 6.45) is 17.2. The summed E-state index contributed by atoms with van der Waals surface area (Å²) in [5.74, 6) is 0. The summed E-state index contributed by atoms with van der Waals surface area (Å²) >= 11 is 0. The first-order valence-electron chi connectivity index (χ1n) is 9.01. The molecule has 2 fully saturated rings. The number of hydrogen-bond acceptors (Lipinski definition) is 2. The Morgan fingerprint density at radius 2 is 1.90 bits per heavy atom. The molecule has 1 N–H and O–H groups in total. The van der Waals surface area contributed by atoms with Crippen molar-refractivity contribution in [2.24, 2.45) is 5.41 Å². The highest BCUT2D eigenvalue weighted by Crippen LogP contribution is 2.47. The third-order valence-electron chi connectivity index (χ3n) is 5.65. The number of nitrogens with zero attached hydrogens (tertiary/aromatic N) is 1. The van der Waals surface area contributed by atoms with Gasteiger partial charge in [0.2, 0.25) is 0 Å². The van der Waals surface area contributed by atoms with Crippen molar-refractivity contribution in [1.82, 2.24) is 4.98 Å². The minimum absolute atomic E-state index is 0.675. The maximum atomic E-state index is 4.45. The molecule has 2 aliphatic rings. The molecule has 0 radical (unpaired) electrons. The van der Waals surface area contributed by atoms with E-state index in [1.165, 1.54) is 75.6 Å². The first-order valence-corrected chi connectivity index (χ1v) is 9.01. The molecule has 0 amide bonds. The Hall–Kier alpha value is -1.05. The van der Waals surface area contributed by atoms with Crippen LogP contribution in [0.25, 0.3) is 0 Å². The van der Waals surface area contributed by atoms with Crippen molar-refractivity contribution in [2.45, 2.75) is 83.6 Å². The Balaban J connectivity index is 1.54. The van der Waals surface area contributed by atoms with E-state index in [2.05, 4.69) is 29.4 Å². The summed E-state index contributed by atoms with van der Waals surface area (Å²) in [4.78, 5) is 4.45. The molecule has 1 aromatic rings. The van der Waals surface area contributed by atoms with E-state index in [9.17, 15) is 0 Å². The third kappa shape index (κ3) is 3.78. The summed E-state index contributed by atoms with van der Waals surface area (Å²) in [6, 6.07) is 5.05. The Morgan fingerprint density at radius 1 is 1.14 bits per heavy atom. The molecule has 0 atom stereocenters. The summed E-state index contributed by atoms with van der Waals surface area (Å²) in [5, 5.41) is 3.76. The van der Waals surface area contributed by atoms with Crippen molar-refractivity contribution in [3.63, 3.8) is 0 Å². The number of aromatic nitrogens is 1. The zero-order chi connectivity index (χ0) is 14.5. The van der Waals surface area contributed by atoms with E-state index in [1.807, 2.05) is 6.20 Å². The van der Waals surface area contributed by atoms with Gasteiger partial charge in [0.1, 0.15) is 0 Å². The highest BCUT2D eigenvalue weighted by molar-refractivity contribution is 5.44. The van der Waals surface area contributed by atoms with E-state index in [0.717, 1.165) is 11.8 Å². The molecular formula is C19H30N2. The van der Waals surface area contributed by atoms with Gasteiger partial charge in [-0.3, -0.25) is 4.98 Å². The van der Waals surface area contributed by atoms with E-state index in [-0.39, 0.29) is 0 Å². The lowest BCUT2D eigenvalue weighted by atomic mass is 9.64. The number of hydrogen-bond donors (Lipinski definition) is 1. The number of pyridine rings is 1. The Morgan fingerprint density at radius 3 is 2.62 bits per heavy atom. The van der Waals surface area contributed by atoms with Gasteiger partial charge in [-0.05, 0) is 62.5 Å². The molecule has 0 bridgehead atoms. The predicted octanol–water partition coefficient (Wildman–Crippen LogP) is 5.34. The quantitative estimate of drug-likeness (QED) is 0.808. The fourth-order valence-electron chi connectivity index (χ4n) is 4.37. The Labute approximate surface area is 129 Å². The lowest BCUT2D eigenvalue weighted by Gasteiger charge is -2.43. The van der Waals surface area contributed by atoms with Crippen molar-refractivity contribution in [3.8, 4) is 0 Å². The van der Waals surface area contributed by atoms with Crippen molar-refractivity contribution in [1.29, 1.82) is 0 Å². The van der Waals surface area contributed by atoms with Gasteiger partial charge >= 0.3 is 0 Å². The normalized spacial score (nSPS) is 22.3. The van der Waals surface area contributed by atoms with Crippen LogP contribution in [0, 0.1) is 5.41 Å². The van der Waals surface area contributed by atoms with E-state index in [4.69, 9.17) is 0 Å². The number of rotatable bonds is 4. The van der Waals surface area contributed by atoms with Crippen LogP contribution in [0.2, 0.25) is 0 Å². The van der Waals surface area contributed by atoms with E-state index < -0.39 is 0 Å². The van der Waals surface area contributed by atoms with Crippen LogP contribution in [0.1, 0.15) is 76.8 Å². The average Bonchev–Trinajstić information content (AvgIpc) is 2.52. The lowest BCUT2D eigenvalue weighted by molar-refractivity contribution is 0.118. The summed E-state index contributed by atoms with van der Waals surface area (Å²) in [5.41, 5.74) is 3.22. The molecule has 2 aliphatic carbocycles. The second-order valence-electron chi connectivity index (χ2n) is 7.27. The molecule has 2 heteroatoms. The molecule has 3 rings (SSSR count). The molecule has 1 heterocycles. The topological polar surface area (TPSA) is 24.9 Å². The minimum Gasteiger partial charge on any atom is -0.382 e. The molecule has 1 aromatic heterocycles. The van der Waals surface area contributed by atoms with E-state index >= 15 is 0 Å². The highest BCUT2D eigenvalue weighted by Gasteiger charge is 2.35. The van der Waals surface area contributed by atoms with Crippen LogP contribution in [-0.4, -0.2) is 11.0 Å². The second kappa shape index (κ2) is 6.81. The van der Waals surface area contributed by atoms with Crippen LogP contribution in [0.5, 0.6) is 0 Å². The molecule has 0 aliphatic heterocycles. The SMILES string of the molecule is CCCc1cc(NC2CCC3(CCCCC3)CC2)ccn1. The monoisotopic (exact) mass is 286 g/mol. The van der Waals surface area contributed by atoms with Crippen molar-refractivity contribution in [2.75, 3.05) is 5.32 Å². The molecule has 2 nitrogen and oxygen atoms in total. The Kier molecular flexibility index (Phi) is 4.82. The van der Waals surface area contributed by atoms with Gasteiger partial charge < -0.3 is 5.32 Å². The number of nitrogens with one attached hydrogen (secondary N) is 1. The maximum Gasteiger partial charge on any atom is 0.0424 e. The minimum atomic E-state index is 0.675. The summed E-state index contributed by atoms with van der Waals surface area (Å²) < 4.78 is 0. The zero-order valence-corrected chi connectivity index (χ0v) is 13.5. The molecular weight excluding hydrogens is 256 g/mol. The fraction of sp³-hybridized carbons (Fsp3) is 0.737. The molecule has 2 saturated carbocycles. The van der Waals surface area contributed by atoms with E-state index in [0.29, 0.717) is 6.04 Å². The molecule has 0 saturated heterocycles. The largest absolute Gasteiger partial charge is 0.382 e. The van der Waals surface area contributed by atoms with Gasteiger partial charge in [0.15, 0.2) is 0 Å². The van der Waals surface area contributed by atoms with Crippen LogP contribution in [0.3, 0.4) is 0 Å². The van der Waals surface area contributed by atoms with Gasteiger partial charge in [0, 0.05) is 23.6 Å². The van der Waals surface area contributed by atoms with Crippen molar-refractivity contribution < 1.29 is 0 Å². The van der Waals surface area contributed by atoms with Crippen molar-refractivity contribution >= 4 is 5.69 Å². The fourth-order valence-corrected chi connectivity index (χ4v) is 4.37.